The Morgan fingerprint density at radius 3 is 2.30 bits per heavy atom. The van der Waals surface area contributed by atoms with Crippen LogP contribution in [0.3, 0.4) is 0 Å². The molecule has 0 amide bonds. The predicted octanol–water partition coefficient (Wildman–Crippen LogP) is 7.92. The van der Waals surface area contributed by atoms with Crippen molar-refractivity contribution in [2.24, 2.45) is 58.2 Å². The number of rotatable bonds is 4. The van der Waals surface area contributed by atoms with Crippen LogP contribution in [0.5, 0.6) is 0 Å². The molecule has 0 aromatic heterocycles. The molecule has 0 aliphatic heterocycles. The van der Waals surface area contributed by atoms with Gasteiger partial charge in [0.05, 0.1) is 0 Å². The first kappa shape index (κ1) is 22.9. The van der Waals surface area contributed by atoms with E-state index in [-0.39, 0.29) is 16.7 Å². The van der Waals surface area contributed by atoms with Gasteiger partial charge in [0.25, 0.3) is 0 Å². The van der Waals surface area contributed by atoms with Gasteiger partial charge in [-0.25, -0.2) is 0 Å². The van der Waals surface area contributed by atoms with E-state index in [0.29, 0.717) is 34.9 Å². The summed E-state index contributed by atoms with van der Waals surface area (Å²) < 4.78 is 0. The van der Waals surface area contributed by atoms with E-state index in [1.54, 1.807) is 0 Å². The van der Waals surface area contributed by atoms with E-state index in [1.165, 1.54) is 25.7 Å². The fourth-order valence-electron chi connectivity index (χ4n) is 8.60. The average molecular weight is 433 g/mol. The summed E-state index contributed by atoms with van der Waals surface area (Å²) in [5, 5.41) is 0.217. The maximum Gasteiger partial charge on any atom is 0.136 e. The molecular weight excluding hydrogens is 388 g/mol. The third kappa shape index (κ3) is 3.64. The Bertz CT molecular complexity index is 682. The molecule has 0 spiro atoms. The minimum atomic E-state index is 0.211. The molecule has 0 aromatic rings. The van der Waals surface area contributed by atoms with Crippen LogP contribution in [0.4, 0.5) is 0 Å². The van der Waals surface area contributed by atoms with Gasteiger partial charge in [-0.05, 0) is 97.2 Å². The lowest BCUT2D eigenvalue weighted by Gasteiger charge is -2.60. The first-order valence-corrected chi connectivity index (χ1v) is 13.4. The van der Waals surface area contributed by atoms with Gasteiger partial charge >= 0.3 is 0 Å². The summed E-state index contributed by atoms with van der Waals surface area (Å²) >= 11 is 6.52. The van der Waals surface area contributed by atoms with Crippen molar-refractivity contribution in [2.75, 3.05) is 0 Å². The SMILES string of the molecule is CC(C)[C@@H](C)/C=C/[C@@H](C)[C@H]1CC[C@H]2[C@@H]3CC(=O)C4CC(Cl)CC[C@]4(C)[C@H]3CC[C@]12C. The second-order valence-electron chi connectivity index (χ2n) is 12.6. The van der Waals surface area contributed by atoms with Crippen LogP contribution >= 0.6 is 11.6 Å². The second kappa shape index (κ2) is 8.24. The Labute approximate surface area is 190 Å². The smallest absolute Gasteiger partial charge is 0.136 e. The molecule has 30 heavy (non-hydrogen) atoms. The second-order valence-corrected chi connectivity index (χ2v) is 13.2. The topological polar surface area (TPSA) is 17.1 Å². The lowest BCUT2D eigenvalue weighted by molar-refractivity contribution is -0.153. The number of halogens is 1. The highest BCUT2D eigenvalue weighted by atomic mass is 35.5. The van der Waals surface area contributed by atoms with Crippen molar-refractivity contribution in [3.8, 4) is 0 Å². The normalized spacial score (nSPS) is 48.3. The fourth-order valence-corrected chi connectivity index (χ4v) is 8.89. The fraction of sp³-hybridized carbons (Fsp3) is 0.893. The number of hydrogen-bond acceptors (Lipinski definition) is 1. The quantitative estimate of drug-likeness (QED) is 0.325. The summed E-state index contributed by atoms with van der Waals surface area (Å²) in [6.07, 6.45) is 14.4. The first-order valence-electron chi connectivity index (χ1n) is 12.9. The molecule has 0 aromatic carbocycles. The van der Waals surface area contributed by atoms with Crippen LogP contribution in [0, 0.1) is 58.2 Å². The Morgan fingerprint density at radius 2 is 1.60 bits per heavy atom. The van der Waals surface area contributed by atoms with E-state index in [1.807, 2.05) is 0 Å². The van der Waals surface area contributed by atoms with Crippen molar-refractivity contribution in [1.29, 1.82) is 0 Å². The number of allylic oxidation sites excluding steroid dienone is 2. The van der Waals surface area contributed by atoms with Crippen LogP contribution in [0.15, 0.2) is 12.2 Å². The zero-order valence-corrected chi connectivity index (χ0v) is 21.0. The molecule has 10 atom stereocenters. The van der Waals surface area contributed by atoms with Crippen LogP contribution < -0.4 is 0 Å². The van der Waals surface area contributed by atoms with E-state index in [2.05, 4.69) is 53.7 Å². The maximum absolute atomic E-state index is 13.3. The number of Topliss-reactive ketones (excluding diaryl/α,β-unsaturated/α-hetero) is 1. The van der Waals surface area contributed by atoms with Crippen LogP contribution in [0.1, 0.15) is 92.9 Å². The molecule has 2 heteroatoms. The summed E-state index contributed by atoms with van der Waals surface area (Å²) in [4.78, 5) is 13.3. The third-order valence-electron chi connectivity index (χ3n) is 10.9. The van der Waals surface area contributed by atoms with E-state index in [0.717, 1.165) is 43.4 Å². The molecular formula is C28H45ClO. The van der Waals surface area contributed by atoms with Crippen molar-refractivity contribution in [3.05, 3.63) is 12.2 Å². The van der Waals surface area contributed by atoms with Gasteiger partial charge in [-0.3, -0.25) is 4.79 Å². The van der Waals surface area contributed by atoms with E-state index >= 15 is 0 Å². The molecule has 0 saturated heterocycles. The lowest BCUT2D eigenvalue weighted by Crippen LogP contribution is -2.56. The van der Waals surface area contributed by atoms with E-state index in [4.69, 9.17) is 11.6 Å². The van der Waals surface area contributed by atoms with Gasteiger partial charge in [0.15, 0.2) is 0 Å². The number of alkyl halides is 1. The van der Waals surface area contributed by atoms with Crippen molar-refractivity contribution < 1.29 is 4.79 Å². The standard InChI is InChI=1S/C28H45ClO/c1-17(2)18(3)7-8-19(4)22-9-10-23-21-16-26(30)25-15-20(29)11-13-28(25,6)24(21)12-14-27(22,23)5/h7-8,17-25H,9-16H2,1-6H3/b8-7+/t18-,19+,20?,21-,22+,23-,24-,25?,27+,28+/m0/s1. The van der Waals surface area contributed by atoms with E-state index in [9.17, 15) is 4.79 Å². The van der Waals surface area contributed by atoms with E-state index < -0.39 is 0 Å². The van der Waals surface area contributed by atoms with Gasteiger partial charge < -0.3 is 0 Å². The molecule has 170 valence electrons. The monoisotopic (exact) mass is 432 g/mol. The zero-order chi connectivity index (χ0) is 21.8. The number of carbonyl (C=O) groups is 1. The van der Waals surface area contributed by atoms with Crippen LogP contribution in [-0.4, -0.2) is 11.2 Å². The number of carbonyl (C=O) groups excluding carboxylic acids is 1. The van der Waals surface area contributed by atoms with Gasteiger partial charge in [-0.1, -0.05) is 53.7 Å². The Balaban J connectivity index is 1.54. The van der Waals surface area contributed by atoms with Gasteiger partial charge in [0, 0.05) is 17.7 Å². The van der Waals surface area contributed by atoms with Gasteiger partial charge in [0.2, 0.25) is 0 Å². The number of hydrogen-bond donors (Lipinski definition) is 0. The minimum absolute atomic E-state index is 0.211. The minimum Gasteiger partial charge on any atom is -0.299 e. The summed E-state index contributed by atoms with van der Waals surface area (Å²) in [6.45, 7) is 14.5. The molecule has 4 fully saturated rings. The highest BCUT2D eigenvalue weighted by molar-refractivity contribution is 6.20. The number of fused-ring (bicyclic) bond motifs is 5. The predicted molar refractivity (Wildman–Crippen MR) is 128 cm³/mol. The molecule has 1 nitrogen and oxygen atoms in total. The van der Waals surface area contributed by atoms with Gasteiger partial charge in [-0.2, -0.15) is 0 Å². The molecule has 0 heterocycles. The lowest BCUT2D eigenvalue weighted by atomic mass is 9.44. The summed E-state index contributed by atoms with van der Waals surface area (Å²) in [5.74, 6) is 5.68. The third-order valence-corrected chi connectivity index (χ3v) is 11.3. The molecule has 4 rings (SSSR count). The summed E-state index contributed by atoms with van der Waals surface area (Å²) in [7, 11) is 0. The zero-order valence-electron chi connectivity index (χ0n) is 20.3. The molecule has 2 unspecified atom stereocenters. The Morgan fingerprint density at radius 1 is 0.933 bits per heavy atom. The average Bonchev–Trinajstić information content (AvgIpc) is 3.04. The van der Waals surface area contributed by atoms with Crippen LogP contribution in [0.2, 0.25) is 0 Å². The highest BCUT2D eigenvalue weighted by Crippen LogP contribution is 2.67. The molecule has 4 saturated carbocycles. The number of ketones is 1. The molecule has 4 aliphatic carbocycles. The van der Waals surface area contributed by atoms with Crippen molar-refractivity contribution in [3.63, 3.8) is 0 Å². The Kier molecular flexibility index (Phi) is 6.28. The van der Waals surface area contributed by atoms with Crippen molar-refractivity contribution in [1.82, 2.24) is 0 Å². The van der Waals surface area contributed by atoms with Crippen molar-refractivity contribution >= 4 is 17.4 Å². The largest absolute Gasteiger partial charge is 0.299 e. The van der Waals surface area contributed by atoms with Gasteiger partial charge in [-0.15, -0.1) is 11.6 Å². The van der Waals surface area contributed by atoms with Gasteiger partial charge in [0.1, 0.15) is 5.78 Å². The summed E-state index contributed by atoms with van der Waals surface area (Å²) in [6, 6.07) is 0. The highest BCUT2D eigenvalue weighted by Gasteiger charge is 2.62. The van der Waals surface area contributed by atoms with Crippen LogP contribution in [0.25, 0.3) is 0 Å². The molecule has 0 radical (unpaired) electrons. The maximum atomic E-state index is 13.3. The van der Waals surface area contributed by atoms with Crippen molar-refractivity contribution in [2.45, 2.75) is 98.3 Å². The molecule has 0 N–H and O–H groups in total. The van der Waals surface area contributed by atoms with Crippen LogP contribution in [-0.2, 0) is 4.79 Å². The molecule has 4 aliphatic rings. The summed E-state index contributed by atoms with van der Waals surface area (Å²) in [5.41, 5.74) is 0.627. The molecule has 0 bridgehead atoms. The Hall–Kier alpha value is -0.300. The first-order chi connectivity index (χ1) is 14.1.